The largest absolute Gasteiger partial charge is 0.382 e. The lowest BCUT2D eigenvalue weighted by Gasteiger charge is -2.16. The minimum Gasteiger partial charge on any atom is -0.382 e. The number of nitrogens with one attached hydrogen (secondary N) is 1. The third-order valence-electron chi connectivity index (χ3n) is 3.42. The number of anilines is 1. The van der Waals surface area contributed by atoms with Gasteiger partial charge in [0.25, 0.3) is 0 Å². The number of H-pyrrole nitrogens is 1. The molecule has 3 nitrogen and oxygen atoms in total. The van der Waals surface area contributed by atoms with Crippen LogP contribution in [0.1, 0.15) is 32.4 Å². The van der Waals surface area contributed by atoms with Crippen molar-refractivity contribution in [2.45, 2.75) is 26.7 Å². The van der Waals surface area contributed by atoms with Gasteiger partial charge < -0.3 is 5.73 Å². The Balaban J connectivity index is 2.58. The molecule has 0 spiro atoms. The van der Waals surface area contributed by atoms with Crippen molar-refractivity contribution >= 4 is 21.7 Å². The Hall–Kier alpha value is -1.29. The maximum Gasteiger partial charge on any atom is 0.153 e. The lowest BCUT2D eigenvalue weighted by Crippen LogP contribution is -2.04. The van der Waals surface area contributed by atoms with Gasteiger partial charge >= 0.3 is 0 Å². The van der Waals surface area contributed by atoms with Gasteiger partial charge in [0.1, 0.15) is 0 Å². The van der Waals surface area contributed by atoms with E-state index in [1.54, 1.807) is 0 Å². The molecule has 0 fully saturated rings. The molecule has 0 saturated heterocycles. The molecule has 18 heavy (non-hydrogen) atoms. The zero-order valence-corrected chi connectivity index (χ0v) is 12.5. The quantitative estimate of drug-likeness (QED) is 0.893. The normalized spacial score (nSPS) is 12.9. The second-order valence-corrected chi connectivity index (χ2v) is 5.76. The van der Waals surface area contributed by atoms with Crippen LogP contribution in [-0.4, -0.2) is 10.2 Å². The molecule has 1 aromatic carbocycles. The molecule has 2 rings (SSSR count). The van der Waals surface area contributed by atoms with Gasteiger partial charge in [0.15, 0.2) is 5.82 Å². The monoisotopic (exact) mass is 307 g/mol. The maximum atomic E-state index is 6.02. The van der Waals surface area contributed by atoms with E-state index < -0.39 is 0 Å². The molecule has 1 atom stereocenters. The van der Waals surface area contributed by atoms with E-state index in [-0.39, 0.29) is 0 Å². The number of halogens is 1. The number of hydrogen-bond acceptors (Lipinski definition) is 2. The molecule has 0 aliphatic heterocycles. The first-order chi connectivity index (χ1) is 8.52. The van der Waals surface area contributed by atoms with Crippen molar-refractivity contribution in [3.8, 4) is 11.1 Å². The molecular weight excluding hydrogens is 290 g/mol. The summed E-state index contributed by atoms with van der Waals surface area (Å²) in [6.07, 6.45) is 0. The molecular formula is C14H18BrN3. The van der Waals surface area contributed by atoms with Crippen LogP contribution < -0.4 is 5.73 Å². The number of hydrogen-bond donors (Lipinski definition) is 2. The lowest BCUT2D eigenvalue weighted by molar-refractivity contribution is 0.523. The van der Waals surface area contributed by atoms with E-state index in [0.717, 1.165) is 21.3 Å². The second kappa shape index (κ2) is 5.14. The van der Waals surface area contributed by atoms with E-state index in [1.807, 2.05) is 18.2 Å². The zero-order valence-electron chi connectivity index (χ0n) is 10.9. The Morgan fingerprint density at radius 2 is 1.89 bits per heavy atom. The van der Waals surface area contributed by atoms with Crippen LogP contribution in [-0.2, 0) is 0 Å². The SMILES string of the molecule is CC(C)C(C)c1[nH]nc(N)c1-c1ccccc1Br. The fourth-order valence-electron chi connectivity index (χ4n) is 1.98. The summed E-state index contributed by atoms with van der Waals surface area (Å²) in [6, 6.07) is 8.08. The van der Waals surface area contributed by atoms with Crippen LogP contribution in [0, 0.1) is 5.92 Å². The third-order valence-corrected chi connectivity index (χ3v) is 4.11. The Labute approximate surface area is 116 Å². The first-order valence-electron chi connectivity index (χ1n) is 6.11. The van der Waals surface area contributed by atoms with E-state index in [9.17, 15) is 0 Å². The molecule has 1 unspecified atom stereocenters. The minimum atomic E-state index is 0.386. The average Bonchev–Trinajstić information content (AvgIpc) is 2.71. The fraction of sp³-hybridized carbons (Fsp3) is 0.357. The van der Waals surface area contributed by atoms with Gasteiger partial charge in [-0.1, -0.05) is 54.9 Å². The maximum absolute atomic E-state index is 6.02. The van der Waals surface area contributed by atoms with E-state index in [4.69, 9.17) is 5.73 Å². The molecule has 96 valence electrons. The van der Waals surface area contributed by atoms with Crippen LogP contribution in [0.4, 0.5) is 5.82 Å². The predicted octanol–water partition coefficient (Wildman–Crippen LogP) is 4.18. The number of rotatable bonds is 3. The summed E-state index contributed by atoms with van der Waals surface area (Å²) in [5.41, 5.74) is 9.23. The summed E-state index contributed by atoms with van der Waals surface area (Å²) < 4.78 is 1.04. The van der Waals surface area contributed by atoms with Crippen LogP contribution in [0.2, 0.25) is 0 Å². The number of benzene rings is 1. The van der Waals surface area contributed by atoms with Crippen LogP contribution in [0.3, 0.4) is 0 Å². The van der Waals surface area contributed by atoms with Gasteiger partial charge in [-0.05, 0) is 12.0 Å². The Morgan fingerprint density at radius 1 is 1.22 bits per heavy atom. The summed E-state index contributed by atoms with van der Waals surface area (Å²) in [7, 11) is 0. The van der Waals surface area contributed by atoms with Crippen LogP contribution in [0.5, 0.6) is 0 Å². The van der Waals surface area contributed by atoms with Crippen molar-refractivity contribution in [1.82, 2.24) is 10.2 Å². The summed E-state index contributed by atoms with van der Waals surface area (Å²) in [5.74, 6) is 1.48. The van der Waals surface area contributed by atoms with E-state index in [2.05, 4.69) is 53.0 Å². The number of aromatic amines is 1. The smallest absolute Gasteiger partial charge is 0.153 e. The molecule has 0 bridgehead atoms. The van der Waals surface area contributed by atoms with Crippen molar-refractivity contribution in [1.29, 1.82) is 0 Å². The molecule has 0 aliphatic carbocycles. The highest BCUT2D eigenvalue weighted by Crippen LogP contribution is 2.38. The van der Waals surface area contributed by atoms with E-state index in [1.165, 1.54) is 0 Å². The summed E-state index contributed by atoms with van der Waals surface area (Å²) in [5, 5.41) is 7.25. The Morgan fingerprint density at radius 3 is 2.50 bits per heavy atom. The zero-order chi connectivity index (χ0) is 13.3. The molecule has 0 saturated carbocycles. The number of nitrogens with zero attached hydrogens (tertiary/aromatic N) is 1. The molecule has 3 N–H and O–H groups in total. The molecule has 4 heteroatoms. The van der Waals surface area contributed by atoms with Crippen molar-refractivity contribution in [3.05, 3.63) is 34.4 Å². The number of nitrogens with two attached hydrogens (primary N) is 1. The molecule has 1 heterocycles. The number of nitrogen functional groups attached to an aromatic ring is 1. The van der Waals surface area contributed by atoms with Gasteiger partial charge in [-0.25, -0.2) is 0 Å². The lowest BCUT2D eigenvalue weighted by atomic mass is 9.90. The standard InChI is InChI=1S/C14H18BrN3/c1-8(2)9(3)13-12(14(16)18-17-13)10-6-4-5-7-11(10)15/h4-9H,1-3H3,(H3,16,17,18). The van der Waals surface area contributed by atoms with E-state index in [0.29, 0.717) is 17.7 Å². The highest BCUT2D eigenvalue weighted by molar-refractivity contribution is 9.10. The van der Waals surface area contributed by atoms with Crippen LogP contribution >= 0.6 is 15.9 Å². The van der Waals surface area contributed by atoms with Crippen molar-refractivity contribution in [2.24, 2.45) is 5.92 Å². The second-order valence-electron chi connectivity index (χ2n) is 4.91. The summed E-state index contributed by atoms with van der Waals surface area (Å²) in [6.45, 7) is 6.59. The summed E-state index contributed by atoms with van der Waals surface area (Å²) >= 11 is 3.57. The number of aromatic nitrogens is 2. The fourth-order valence-corrected chi connectivity index (χ4v) is 2.46. The first kappa shape index (κ1) is 13.1. The molecule has 1 aromatic heterocycles. The third kappa shape index (κ3) is 2.29. The molecule has 0 radical (unpaired) electrons. The van der Waals surface area contributed by atoms with Gasteiger partial charge in [-0.15, -0.1) is 0 Å². The Bertz CT molecular complexity index is 546. The Kier molecular flexibility index (Phi) is 3.76. The van der Waals surface area contributed by atoms with Crippen molar-refractivity contribution in [3.63, 3.8) is 0 Å². The molecule has 0 aliphatic rings. The molecule has 0 amide bonds. The van der Waals surface area contributed by atoms with Crippen LogP contribution in [0.25, 0.3) is 11.1 Å². The van der Waals surface area contributed by atoms with Gasteiger partial charge in [0.2, 0.25) is 0 Å². The highest BCUT2D eigenvalue weighted by atomic mass is 79.9. The molecule has 2 aromatic rings. The minimum absolute atomic E-state index is 0.386. The predicted molar refractivity (Wildman–Crippen MR) is 79.4 cm³/mol. The first-order valence-corrected chi connectivity index (χ1v) is 6.90. The summed E-state index contributed by atoms with van der Waals surface area (Å²) in [4.78, 5) is 0. The van der Waals surface area contributed by atoms with Crippen LogP contribution in [0.15, 0.2) is 28.7 Å². The topological polar surface area (TPSA) is 54.7 Å². The van der Waals surface area contributed by atoms with Crippen molar-refractivity contribution in [2.75, 3.05) is 5.73 Å². The highest BCUT2D eigenvalue weighted by Gasteiger charge is 2.21. The van der Waals surface area contributed by atoms with Gasteiger partial charge in [0, 0.05) is 27.2 Å². The van der Waals surface area contributed by atoms with E-state index >= 15 is 0 Å². The average molecular weight is 308 g/mol. The van der Waals surface area contributed by atoms with Gasteiger partial charge in [-0.2, -0.15) is 5.10 Å². The van der Waals surface area contributed by atoms with Gasteiger partial charge in [0.05, 0.1) is 0 Å². The van der Waals surface area contributed by atoms with Gasteiger partial charge in [-0.3, -0.25) is 5.10 Å². The van der Waals surface area contributed by atoms with Crippen molar-refractivity contribution < 1.29 is 0 Å².